The van der Waals surface area contributed by atoms with Crippen LogP contribution >= 0.6 is 0 Å². The molecule has 0 aliphatic carbocycles. The maximum atomic E-state index is 12.8. The highest BCUT2D eigenvalue weighted by Gasteiger charge is 2.32. The van der Waals surface area contributed by atoms with Crippen molar-refractivity contribution < 1.29 is 71.8 Å². The van der Waals surface area contributed by atoms with Crippen LogP contribution in [0.1, 0.15) is 266 Å². The van der Waals surface area contributed by atoms with E-state index in [1.54, 1.807) is 19.9 Å². The fourth-order valence-corrected chi connectivity index (χ4v) is 9.06. The van der Waals surface area contributed by atoms with Gasteiger partial charge in [-0.2, -0.15) is 0 Å². The molecule has 0 fully saturated rings. The Morgan fingerprint density at radius 2 is 0.960 bits per heavy atom. The number of allylic oxidation sites excluding steroid dienone is 2. The van der Waals surface area contributed by atoms with Crippen molar-refractivity contribution in [2.75, 3.05) is 26.9 Å². The van der Waals surface area contributed by atoms with E-state index in [-0.39, 0.29) is 95.5 Å². The maximum Gasteiger partial charge on any atom is 0.342 e. The van der Waals surface area contributed by atoms with E-state index in [9.17, 15) is 38.7 Å². The second-order valence-corrected chi connectivity index (χ2v) is 20.3. The highest BCUT2D eigenvalue weighted by atomic mass is 16.6. The Kier molecular flexibility index (Phi) is 37.2. The lowest BCUT2D eigenvalue weighted by molar-refractivity contribution is -0.167. The molecule has 75 heavy (non-hydrogen) atoms. The van der Waals surface area contributed by atoms with Gasteiger partial charge >= 0.3 is 41.8 Å². The quantitative estimate of drug-likeness (QED) is 0.0212. The Balaban J connectivity index is 1.70. The van der Waals surface area contributed by atoms with Crippen LogP contribution in [0.3, 0.4) is 0 Å². The Labute approximate surface area is 449 Å². The first-order valence-electron chi connectivity index (χ1n) is 28.9. The monoisotopic (exact) mass is 1060 g/mol. The Hall–Kier alpha value is -4.95. The molecule has 1 heterocycles. The number of methoxy groups -OCH3 is 1. The molecule has 0 aromatic heterocycles. The number of unbranched alkanes of at least 4 members (excludes halogenated alkanes) is 24. The molecule has 15 heteroatoms. The molecule has 0 saturated carbocycles. The largest absolute Gasteiger partial charge is 0.507 e. The molecule has 0 saturated heterocycles. The van der Waals surface area contributed by atoms with Crippen LogP contribution in [0.4, 0.5) is 0 Å². The van der Waals surface area contributed by atoms with Gasteiger partial charge in [-0.15, -0.1) is 0 Å². The van der Waals surface area contributed by atoms with Crippen molar-refractivity contribution in [3.8, 4) is 11.5 Å². The number of hydrogen-bond donors (Lipinski definition) is 1. The van der Waals surface area contributed by atoms with E-state index in [1.807, 2.05) is 0 Å². The second-order valence-electron chi connectivity index (χ2n) is 20.3. The molecule has 1 aliphatic rings. The predicted molar refractivity (Wildman–Crippen MR) is 288 cm³/mol. The van der Waals surface area contributed by atoms with Crippen LogP contribution in [0.25, 0.3) is 0 Å². The second kappa shape index (κ2) is 42.2. The Morgan fingerprint density at radius 1 is 0.547 bits per heavy atom. The van der Waals surface area contributed by atoms with E-state index < -0.39 is 47.9 Å². The molecule has 0 unspecified atom stereocenters. The van der Waals surface area contributed by atoms with E-state index in [2.05, 4.69) is 13.8 Å². The number of rotatable bonds is 46. The molecule has 1 aliphatic heterocycles. The summed E-state index contributed by atoms with van der Waals surface area (Å²) < 4.78 is 37.1. The smallest absolute Gasteiger partial charge is 0.342 e. The van der Waals surface area contributed by atoms with Gasteiger partial charge in [0.15, 0.2) is 6.10 Å². The van der Waals surface area contributed by atoms with Crippen LogP contribution in [0, 0.1) is 6.92 Å². The number of ether oxygens (including phenoxy) is 7. The number of fused-ring (bicyclic) bond motifs is 1. The molecule has 15 nitrogen and oxygen atoms in total. The molecule has 0 spiro atoms. The molecular weight excluding hydrogens is 961 g/mol. The molecule has 2 rings (SSSR count). The Bertz CT molecular complexity index is 1820. The van der Waals surface area contributed by atoms with Gasteiger partial charge in [0.05, 0.1) is 26.6 Å². The summed E-state index contributed by atoms with van der Waals surface area (Å²) in [5.74, 6) is -4.15. The van der Waals surface area contributed by atoms with Crippen molar-refractivity contribution in [1.29, 1.82) is 0 Å². The van der Waals surface area contributed by atoms with E-state index in [0.29, 0.717) is 35.3 Å². The molecular formula is C60H96O15. The van der Waals surface area contributed by atoms with Gasteiger partial charge in [-0.25, -0.2) is 4.79 Å². The lowest BCUT2D eigenvalue weighted by Crippen LogP contribution is -2.31. The number of aromatic hydroxyl groups is 1. The van der Waals surface area contributed by atoms with Crippen molar-refractivity contribution in [3.63, 3.8) is 0 Å². The van der Waals surface area contributed by atoms with E-state index in [4.69, 9.17) is 33.2 Å². The van der Waals surface area contributed by atoms with Gasteiger partial charge in [0.25, 0.3) is 0 Å². The summed E-state index contributed by atoms with van der Waals surface area (Å²) in [5.41, 5.74) is 2.63. The third-order valence-electron chi connectivity index (χ3n) is 13.7. The molecule has 0 radical (unpaired) electrons. The SMILES string of the molecule is CCCCCCCCCCCCCCCC(=O)OCC(COC(=O)CCCCCCCCCCCCCCC)OC(=O)CCC(=O)OCCCC(=O)OC(=O)CC/C(C)=C/Cc1c(O)c2c(c(C)c1OC)COC2=O. The average Bonchev–Trinajstić information content (AvgIpc) is 3.79. The number of carbonyl (C=O) groups is 7. The number of benzene rings is 1. The average molecular weight is 1060 g/mol. The third kappa shape index (κ3) is 31.0. The van der Waals surface area contributed by atoms with Crippen LogP contribution in [0.5, 0.6) is 11.5 Å². The summed E-state index contributed by atoms with van der Waals surface area (Å²) in [6.07, 6.45) is 31.8. The summed E-state index contributed by atoms with van der Waals surface area (Å²) in [6, 6.07) is 0. The maximum absolute atomic E-state index is 12.8. The highest BCUT2D eigenvalue weighted by molar-refractivity contribution is 5.98. The fraction of sp³-hybridized carbons (Fsp3) is 0.750. The number of phenolic OH excluding ortho intramolecular Hbond substituents is 1. The van der Waals surface area contributed by atoms with Crippen molar-refractivity contribution in [2.24, 2.45) is 0 Å². The highest BCUT2D eigenvalue weighted by Crippen LogP contribution is 2.42. The minimum absolute atomic E-state index is 0.0641. The summed E-state index contributed by atoms with van der Waals surface area (Å²) in [6.45, 7) is 7.39. The first kappa shape index (κ1) is 66.2. The van der Waals surface area contributed by atoms with E-state index in [0.717, 1.165) is 44.1 Å². The summed E-state index contributed by atoms with van der Waals surface area (Å²) in [4.78, 5) is 87.5. The number of carbonyl (C=O) groups excluding carboxylic acids is 7. The predicted octanol–water partition coefficient (Wildman–Crippen LogP) is 13.8. The van der Waals surface area contributed by atoms with Crippen LogP contribution < -0.4 is 4.74 Å². The standard InChI is InChI=1S/C60H96O15/c1-6-8-10-12-14-16-18-20-22-24-26-28-30-33-51(61)71-43-48(44-72-52(62)34-31-29-27-25-23-21-19-17-15-13-11-9-7-2)74-55(65)41-40-53(63)70-42-32-35-54(64)75-56(66)39-37-46(3)36-38-49-58(67)57-50(45-73-60(57)68)47(4)59(49)69-5/h36,48,67H,6-35,37-45H2,1-5H3/b46-36+. The first-order valence-corrected chi connectivity index (χ1v) is 28.9. The van der Waals surface area contributed by atoms with Crippen LogP contribution in [-0.4, -0.2) is 79.9 Å². The lowest BCUT2D eigenvalue weighted by atomic mass is 9.94. The van der Waals surface area contributed by atoms with Crippen molar-refractivity contribution in [2.45, 2.75) is 265 Å². The van der Waals surface area contributed by atoms with Crippen molar-refractivity contribution >= 4 is 41.8 Å². The van der Waals surface area contributed by atoms with Gasteiger partial charge in [0, 0.05) is 36.8 Å². The fourth-order valence-electron chi connectivity index (χ4n) is 9.06. The number of cyclic esters (lactones) is 1. The topological polar surface area (TPSA) is 204 Å². The molecule has 0 atom stereocenters. The molecule has 426 valence electrons. The van der Waals surface area contributed by atoms with Crippen molar-refractivity contribution in [1.82, 2.24) is 0 Å². The van der Waals surface area contributed by atoms with Crippen LogP contribution in [0.15, 0.2) is 11.6 Å². The van der Waals surface area contributed by atoms with Gasteiger partial charge in [0.1, 0.15) is 36.9 Å². The zero-order valence-corrected chi connectivity index (χ0v) is 46.9. The molecule has 1 N–H and O–H groups in total. The van der Waals surface area contributed by atoms with Gasteiger partial charge < -0.3 is 38.3 Å². The lowest BCUT2D eigenvalue weighted by Gasteiger charge is -2.18. The molecule has 1 aromatic carbocycles. The number of esters is 7. The van der Waals surface area contributed by atoms with E-state index >= 15 is 0 Å². The molecule has 0 bridgehead atoms. The summed E-state index contributed by atoms with van der Waals surface area (Å²) in [7, 11) is 1.48. The summed E-state index contributed by atoms with van der Waals surface area (Å²) in [5, 5.41) is 10.8. The van der Waals surface area contributed by atoms with Crippen molar-refractivity contribution in [3.05, 3.63) is 33.9 Å². The van der Waals surface area contributed by atoms with Gasteiger partial charge in [-0.05, 0) is 51.5 Å². The number of hydrogen-bond acceptors (Lipinski definition) is 15. The van der Waals surface area contributed by atoms with Gasteiger partial charge in [-0.1, -0.05) is 180 Å². The molecule has 0 amide bonds. The normalized spacial score (nSPS) is 12.1. The van der Waals surface area contributed by atoms with Crippen LogP contribution in [-0.2, 0) is 70.2 Å². The zero-order chi connectivity index (χ0) is 54.9. The minimum atomic E-state index is -1.05. The summed E-state index contributed by atoms with van der Waals surface area (Å²) >= 11 is 0. The number of phenols is 1. The van der Waals surface area contributed by atoms with Crippen LogP contribution in [0.2, 0.25) is 0 Å². The van der Waals surface area contributed by atoms with Gasteiger partial charge in [0.2, 0.25) is 0 Å². The minimum Gasteiger partial charge on any atom is -0.507 e. The molecule has 1 aromatic rings. The first-order chi connectivity index (χ1) is 36.3. The van der Waals surface area contributed by atoms with Gasteiger partial charge in [-0.3, -0.25) is 28.8 Å². The Morgan fingerprint density at radius 3 is 1.44 bits per heavy atom. The van der Waals surface area contributed by atoms with E-state index in [1.165, 1.54) is 123 Å². The third-order valence-corrected chi connectivity index (χ3v) is 13.7. The zero-order valence-electron chi connectivity index (χ0n) is 46.9.